The Morgan fingerprint density at radius 3 is 1.12 bits per heavy atom. The molecule has 0 nitrogen and oxygen atoms in total. The number of rotatable bonds is 1. The van der Waals surface area contributed by atoms with Gasteiger partial charge >= 0.3 is 117 Å². The second kappa shape index (κ2) is 3.35. The van der Waals surface area contributed by atoms with Gasteiger partial charge in [-0.1, -0.05) is 0 Å². The van der Waals surface area contributed by atoms with Crippen LogP contribution in [0.5, 0.6) is 0 Å². The maximum absolute atomic E-state index is 6.27. The Bertz CT molecular complexity index is 399. The van der Waals surface area contributed by atoms with Gasteiger partial charge in [-0.3, -0.25) is 0 Å². The Kier molecular flexibility index (Phi) is 3.27. The van der Waals surface area contributed by atoms with Crippen LogP contribution in [0.2, 0.25) is 4.01 Å². The molecule has 102 valence electrons. The van der Waals surface area contributed by atoms with E-state index in [4.69, 9.17) is 48.5 Å². The summed E-state index contributed by atoms with van der Waals surface area (Å²) in [5.41, 5.74) is 4.10. The van der Waals surface area contributed by atoms with Gasteiger partial charge in [0.15, 0.2) is 0 Å². The zero-order valence-electron chi connectivity index (χ0n) is 9.72. The SMILES string of the molecule is CC1=C(C)[C](C)([Rh-3]([Cl])([Cl])([Cl])([Cl])[Cl])C(C)=C1C. The zero-order chi connectivity index (χ0) is 13.2. The summed E-state index contributed by atoms with van der Waals surface area (Å²) in [7, 11) is 26.0. The average molecular weight is 415 g/mol. The summed E-state index contributed by atoms with van der Waals surface area (Å²) in [6, 6.07) is 0. The summed E-state index contributed by atoms with van der Waals surface area (Å²) in [4.78, 5) is 0. The summed E-state index contributed by atoms with van der Waals surface area (Å²) in [5, 5.41) is 0. The van der Waals surface area contributed by atoms with E-state index < -0.39 is 11.5 Å². The Hall–Kier alpha value is 1.55. The third-order valence-corrected chi connectivity index (χ3v) is 15.5. The van der Waals surface area contributed by atoms with Gasteiger partial charge in [0.2, 0.25) is 0 Å². The molecule has 1 aliphatic carbocycles. The van der Waals surface area contributed by atoms with Crippen LogP contribution in [-0.2, 0) is 7.47 Å². The Labute approximate surface area is 116 Å². The maximum atomic E-state index is 6.27. The molecular formula is C10H15Cl5Rh-3. The fourth-order valence-electron chi connectivity index (χ4n) is 2.00. The number of hydrogen-bond acceptors (Lipinski definition) is 0. The molecule has 0 spiro atoms. The first kappa shape index (κ1) is 15.6. The molecule has 0 radical (unpaired) electrons. The first-order valence-electron chi connectivity index (χ1n) is 4.55. The molecule has 0 saturated carbocycles. The Morgan fingerprint density at radius 1 is 0.750 bits per heavy atom. The molecule has 1 rings (SSSR count). The minimum atomic E-state index is -5.38. The summed E-state index contributed by atoms with van der Waals surface area (Å²) in [5.74, 6) is 0. The second-order valence-corrected chi connectivity index (χ2v) is 36.0. The van der Waals surface area contributed by atoms with Gasteiger partial charge in [-0.15, -0.1) is 0 Å². The van der Waals surface area contributed by atoms with E-state index in [1.54, 1.807) is 0 Å². The molecule has 16 heavy (non-hydrogen) atoms. The van der Waals surface area contributed by atoms with Crippen LogP contribution in [0, 0.1) is 0 Å². The average Bonchev–Trinajstić information content (AvgIpc) is 2.18. The molecule has 0 aromatic carbocycles. The molecular weight excluding hydrogens is 400 g/mol. The molecule has 0 atom stereocenters. The van der Waals surface area contributed by atoms with Crippen molar-refractivity contribution in [1.29, 1.82) is 0 Å². The van der Waals surface area contributed by atoms with Crippen LogP contribution >= 0.6 is 48.5 Å². The van der Waals surface area contributed by atoms with Crippen LogP contribution < -0.4 is 0 Å². The summed E-state index contributed by atoms with van der Waals surface area (Å²) >= 11 is 0. The predicted octanol–water partition coefficient (Wildman–Crippen LogP) is 6.85. The third kappa shape index (κ3) is 2.00. The van der Waals surface area contributed by atoms with Crippen LogP contribution in [0.25, 0.3) is 0 Å². The number of halogens is 5. The second-order valence-electron chi connectivity index (χ2n) is 4.25. The molecule has 1 aliphatic rings. The van der Waals surface area contributed by atoms with Gasteiger partial charge in [-0.05, 0) is 0 Å². The molecule has 0 unspecified atom stereocenters. The van der Waals surface area contributed by atoms with E-state index in [1.165, 1.54) is 0 Å². The molecule has 0 aromatic heterocycles. The van der Waals surface area contributed by atoms with Crippen molar-refractivity contribution < 1.29 is 7.47 Å². The van der Waals surface area contributed by atoms with Crippen LogP contribution in [0.1, 0.15) is 34.6 Å². The van der Waals surface area contributed by atoms with Gasteiger partial charge < -0.3 is 0 Å². The zero-order valence-corrected chi connectivity index (χ0v) is 15.1. The van der Waals surface area contributed by atoms with Gasteiger partial charge in [0.25, 0.3) is 0 Å². The number of hydrogen-bond donors (Lipinski definition) is 0. The first-order valence-corrected chi connectivity index (χ1v) is 15.9. The van der Waals surface area contributed by atoms with Crippen LogP contribution in [-0.4, -0.2) is 0 Å². The monoisotopic (exact) mass is 413 g/mol. The van der Waals surface area contributed by atoms with Crippen LogP contribution in [0.4, 0.5) is 0 Å². The van der Waals surface area contributed by atoms with Crippen molar-refractivity contribution >= 4 is 48.5 Å². The van der Waals surface area contributed by atoms with Gasteiger partial charge in [0, 0.05) is 0 Å². The van der Waals surface area contributed by atoms with Crippen molar-refractivity contribution in [2.24, 2.45) is 0 Å². The first-order chi connectivity index (χ1) is 6.63. The van der Waals surface area contributed by atoms with Crippen molar-refractivity contribution in [2.75, 3.05) is 0 Å². The van der Waals surface area contributed by atoms with Crippen molar-refractivity contribution in [1.82, 2.24) is 0 Å². The molecule has 0 fully saturated rings. The van der Waals surface area contributed by atoms with E-state index in [9.17, 15) is 0 Å². The Balaban J connectivity index is 3.72. The molecule has 0 aromatic rings. The van der Waals surface area contributed by atoms with E-state index in [2.05, 4.69) is 0 Å². The molecule has 0 saturated heterocycles. The molecule has 0 amide bonds. The molecule has 0 bridgehead atoms. The van der Waals surface area contributed by atoms with E-state index in [0.29, 0.717) is 0 Å². The van der Waals surface area contributed by atoms with E-state index in [-0.39, 0.29) is 0 Å². The Morgan fingerprint density at radius 2 is 1.00 bits per heavy atom. The summed E-state index contributed by atoms with van der Waals surface area (Å²) in [6.07, 6.45) is 0. The van der Waals surface area contributed by atoms with Crippen molar-refractivity contribution in [3.05, 3.63) is 22.3 Å². The standard InChI is InChI=1S/C10H15.5ClH.Rh/c1-6-7(2)9(4)10(5)8(6)3;;;;;;/h1-5H3;5*1H;/q;;;;;;+2/p-5. The van der Waals surface area contributed by atoms with E-state index in [1.807, 2.05) is 34.6 Å². The van der Waals surface area contributed by atoms with Crippen molar-refractivity contribution in [3.63, 3.8) is 0 Å². The summed E-state index contributed by atoms with van der Waals surface area (Å²) < 4.78 is -0.878. The van der Waals surface area contributed by atoms with Crippen LogP contribution in [0.15, 0.2) is 22.3 Å². The van der Waals surface area contributed by atoms with Crippen LogP contribution in [0.3, 0.4) is 0 Å². The third-order valence-electron chi connectivity index (χ3n) is 3.69. The van der Waals surface area contributed by atoms with E-state index >= 15 is 0 Å². The molecule has 0 aliphatic heterocycles. The van der Waals surface area contributed by atoms with E-state index in [0.717, 1.165) is 22.3 Å². The normalized spacial score (nSPS) is 25.9. The minimum absolute atomic E-state index is 0.878. The number of allylic oxidation sites excluding steroid dienone is 4. The fourth-order valence-corrected chi connectivity index (χ4v) is 10.5. The summed E-state index contributed by atoms with van der Waals surface area (Å²) in [6.45, 7) is 9.66. The predicted molar refractivity (Wildman–Crippen MR) is 74.4 cm³/mol. The van der Waals surface area contributed by atoms with Gasteiger partial charge in [0.1, 0.15) is 0 Å². The van der Waals surface area contributed by atoms with Gasteiger partial charge in [-0.25, -0.2) is 0 Å². The topological polar surface area (TPSA) is 0 Å². The quantitative estimate of drug-likeness (QED) is 0.411. The molecule has 0 N–H and O–H groups in total. The van der Waals surface area contributed by atoms with Gasteiger partial charge in [-0.2, -0.15) is 0 Å². The van der Waals surface area contributed by atoms with Gasteiger partial charge in [0.05, 0.1) is 0 Å². The van der Waals surface area contributed by atoms with Crippen molar-refractivity contribution in [3.8, 4) is 0 Å². The fraction of sp³-hybridized carbons (Fsp3) is 0.600. The molecule has 6 heteroatoms. The van der Waals surface area contributed by atoms with Crippen molar-refractivity contribution in [2.45, 2.75) is 38.6 Å². The molecule has 0 heterocycles.